The van der Waals surface area contributed by atoms with Gasteiger partial charge in [-0.15, -0.1) is 0 Å². The van der Waals surface area contributed by atoms with Crippen molar-refractivity contribution in [1.29, 1.82) is 0 Å². The summed E-state index contributed by atoms with van der Waals surface area (Å²) in [5.74, 6) is -0.894. The number of nitrogens with one attached hydrogen (secondary N) is 1. The monoisotopic (exact) mass is 281 g/mol. The second-order valence-corrected chi connectivity index (χ2v) is 6.79. The molecule has 5 nitrogen and oxygen atoms in total. The molecule has 0 heterocycles. The van der Waals surface area contributed by atoms with Gasteiger partial charge in [0.25, 0.3) is 0 Å². The molecule has 0 fully saturated rings. The predicted octanol–water partition coefficient (Wildman–Crippen LogP) is 1.56. The standard InChI is InChI=1S/C9H12FNO4S2/c1-6(2)17(14,15)11-9-4-3-7(16(12)13)5-8(9)10/h3-6,11H,1-2H3,(H,12,13). The van der Waals surface area contributed by atoms with E-state index in [1.807, 2.05) is 0 Å². The van der Waals surface area contributed by atoms with Crippen LogP contribution in [-0.2, 0) is 21.1 Å². The fourth-order valence-electron chi connectivity index (χ4n) is 0.958. The number of hydrogen-bond donors (Lipinski definition) is 2. The van der Waals surface area contributed by atoms with Crippen LogP contribution in [0, 0.1) is 5.82 Å². The lowest BCUT2D eigenvalue weighted by Gasteiger charge is -2.11. The van der Waals surface area contributed by atoms with Crippen molar-refractivity contribution in [3.8, 4) is 0 Å². The molecule has 0 aliphatic rings. The van der Waals surface area contributed by atoms with Crippen LogP contribution >= 0.6 is 0 Å². The van der Waals surface area contributed by atoms with Gasteiger partial charge in [-0.25, -0.2) is 17.0 Å². The van der Waals surface area contributed by atoms with E-state index in [1.54, 1.807) is 0 Å². The van der Waals surface area contributed by atoms with E-state index >= 15 is 0 Å². The summed E-state index contributed by atoms with van der Waals surface area (Å²) in [6.45, 7) is 2.91. The first-order valence-corrected chi connectivity index (χ1v) is 7.31. The van der Waals surface area contributed by atoms with Gasteiger partial charge in [0.2, 0.25) is 10.0 Å². The summed E-state index contributed by atoms with van der Waals surface area (Å²) in [6, 6.07) is 3.10. The smallest absolute Gasteiger partial charge is 0.235 e. The Morgan fingerprint density at radius 1 is 1.41 bits per heavy atom. The van der Waals surface area contributed by atoms with Crippen molar-refractivity contribution < 1.29 is 21.6 Å². The molecule has 0 amide bonds. The molecule has 96 valence electrons. The number of anilines is 1. The molecule has 2 N–H and O–H groups in total. The maximum Gasteiger partial charge on any atom is 0.235 e. The van der Waals surface area contributed by atoms with Gasteiger partial charge < -0.3 is 4.55 Å². The molecule has 17 heavy (non-hydrogen) atoms. The van der Waals surface area contributed by atoms with Gasteiger partial charge in [-0.3, -0.25) is 4.72 Å². The third-order valence-electron chi connectivity index (χ3n) is 2.02. The van der Waals surface area contributed by atoms with Crippen LogP contribution in [0.25, 0.3) is 0 Å². The topological polar surface area (TPSA) is 83.5 Å². The summed E-state index contributed by atoms with van der Waals surface area (Å²) in [7, 11) is -3.64. The molecular weight excluding hydrogens is 269 g/mol. The summed E-state index contributed by atoms with van der Waals surface area (Å²) in [5.41, 5.74) is -0.243. The first-order valence-electron chi connectivity index (χ1n) is 4.66. The number of rotatable bonds is 4. The number of halogens is 1. The molecule has 0 radical (unpaired) electrons. The highest BCUT2D eigenvalue weighted by Crippen LogP contribution is 2.19. The molecule has 0 aliphatic heterocycles. The van der Waals surface area contributed by atoms with Gasteiger partial charge in [0, 0.05) is 0 Å². The van der Waals surface area contributed by atoms with Crippen molar-refractivity contribution in [2.24, 2.45) is 0 Å². The highest BCUT2D eigenvalue weighted by Gasteiger charge is 2.18. The zero-order valence-electron chi connectivity index (χ0n) is 9.18. The minimum atomic E-state index is -3.64. The number of benzene rings is 1. The lowest BCUT2D eigenvalue weighted by molar-refractivity contribution is 0.562. The molecule has 1 unspecified atom stereocenters. The van der Waals surface area contributed by atoms with Crippen LogP contribution < -0.4 is 4.72 Å². The first-order chi connectivity index (χ1) is 7.74. The van der Waals surface area contributed by atoms with E-state index in [0.29, 0.717) is 0 Å². The Bertz CT molecular complexity index is 542. The van der Waals surface area contributed by atoms with Gasteiger partial charge in [0.05, 0.1) is 15.8 Å². The highest BCUT2D eigenvalue weighted by atomic mass is 32.2. The zero-order valence-corrected chi connectivity index (χ0v) is 10.8. The molecule has 0 bridgehead atoms. The van der Waals surface area contributed by atoms with Crippen molar-refractivity contribution in [3.63, 3.8) is 0 Å². The summed E-state index contributed by atoms with van der Waals surface area (Å²) in [6.07, 6.45) is 0. The normalized spacial score (nSPS) is 13.7. The molecule has 1 atom stereocenters. The van der Waals surface area contributed by atoms with Crippen molar-refractivity contribution >= 4 is 26.8 Å². The first kappa shape index (κ1) is 14.1. The third kappa shape index (κ3) is 3.48. The zero-order chi connectivity index (χ0) is 13.2. The Hall–Kier alpha value is -0.990. The molecule has 0 aliphatic carbocycles. The molecule has 0 aromatic heterocycles. The fraction of sp³-hybridized carbons (Fsp3) is 0.333. The van der Waals surface area contributed by atoms with Crippen LogP contribution in [-0.4, -0.2) is 22.4 Å². The quantitative estimate of drug-likeness (QED) is 0.820. The molecule has 0 saturated heterocycles. The van der Waals surface area contributed by atoms with Crippen molar-refractivity contribution in [1.82, 2.24) is 0 Å². The second-order valence-electron chi connectivity index (χ2n) is 3.59. The van der Waals surface area contributed by atoms with Gasteiger partial charge in [0.1, 0.15) is 5.82 Å². The Kier molecular flexibility index (Phi) is 4.23. The molecule has 1 aromatic rings. The average molecular weight is 281 g/mol. The SMILES string of the molecule is CC(C)S(=O)(=O)Nc1ccc(S(=O)O)cc1F. The molecule has 1 rings (SSSR count). The summed E-state index contributed by atoms with van der Waals surface area (Å²) >= 11 is -2.30. The minimum absolute atomic E-state index is 0.130. The van der Waals surface area contributed by atoms with Gasteiger partial charge >= 0.3 is 0 Å². The lowest BCUT2D eigenvalue weighted by atomic mass is 10.3. The van der Waals surface area contributed by atoms with Crippen LogP contribution in [0.15, 0.2) is 23.1 Å². The van der Waals surface area contributed by atoms with Crippen LogP contribution in [0.3, 0.4) is 0 Å². The van der Waals surface area contributed by atoms with Crippen LogP contribution in [0.2, 0.25) is 0 Å². The van der Waals surface area contributed by atoms with Crippen LogP contribution in [0.5, 0.6) is 0 Å². The Balaban J connectivity index is 3.06. The van der Waals surface area contributed by atoms with E-state index in [4.69, 9.17) is 4.55 Å². The molecular formula is C9H12FNO4S2. The Labute approximate surface area is 101 Å². The van der Waals surface area contributed by atoms with E-state index < -0.39 is 32.2 Å². The number of hydrogen-bond acceptors (Lipinski definition) is 3. The van der Waals surface area contributed by atoms with E-state index in [9.17, 15) is 17.0 Å². The summed E-state index contributed by atoms with van der Waals surface area (Å²) in [5, 5.41) is -0.700. The number of sulfonamides is 1. The molecule has 8 heteroatoms. The summed E-state index contributed by atoms with van der Waals surface area (Å²) < 4.78 is 57.9. The van der Waals surface area contributed by atoms with Gasteiger partial charge in [-0.1, -0.05) is 0 Å². The minimum Gasteiger partial charge on any atom is -0.302 e. The largest absolute Gasteiger partial charge is 0.302 e. The van der Waals surface area contributed by atoms with E-state index in [2.05, 4.69) is 4.72 Å². The van der Waals surface area contributed by atoms with Crippen molar-refractivity contribution in [3.05, 3.63) is 24.0 Å². The van der Waals surface area contributed by atoms with Crippen LogP contribution in [0.4, 0.5) is 10.1 Å². The van der Waals surface area contributed by atoms with Crippen LogP contribution in [0.1, 0.15) is 13.8 Å². The maximum atomic E-state index is 13.4. The highest BCUT2D eigenvalue weighted by molar-refractivity contribution is 7.93. The Morgan fingerprint density at radius 2 is 2.00 bits per heavy atom. The molecule has 0 spiro atoms. The van der Waals surface area contributed by atoms with Gasteiger partial charge in [-0.2, -0.15) is 0 Å². The maximum absolute atomic E-state index is 13.4. The molecule has 1 aromatic carbocycles. The average Bonchev–Trinajstić information content (AvgIpc) is 2.20. The van der Waals surface area contributed by atoms with E-state index in [0.717, 1.165) is 12.1 Å². The lowest BCUT2D eigenvalue weighted by Crippen LogP contribution is -2.23. The summed E-state index contributed by atoms with van der Waals surface area (Å²) in [4.78, 5) is -0.130. The predicted molar refractivity (Wildman–Crippen MR) is 63.1 cm³/mol. The molecule has 0 saturated carbocycles. The third-order valence-corrected chi connectivity index (χ3v) is 4.42. The van der Waals surface area contributed by atoms with Gasteiger partial charge in [0.15, 0.2) is 11.1 Å². The van der Waals surface area contributed by atoms with Crippen molar-refractivity contribution in [2.45, 2.75) is 24.0 Å². The van der Waals surface area contributed by atoms with Gasteiger partial charge in [-0.05, 0) is 32.0 Å². The van der Waals surface area contributed by atoms with E-state index in [1.165, 1.54) is 19.9 Å². The van der Waals surface area contributed by atoms with E-state index in [-0.39, 0.29) is 10.6 Å². The Morgan fingerprint density at radius 3 is 2.41 bits per heavy atom. The fourth-order valence-corrected chi connectivity index (χ4v) is 2.05. The van der Waals surface area contributed by atoms with Crippen molar-refractivity contribution in [2.75, 3.05) is 4.72 Å². The second kappa shape index (κ2) is 5.11.